The summed E-state index contributed by atoms with van der Waals surface area (Å²) in [7, 11) is 0. The Kier molecular flexibility index (Phi) is 3.53. The number of allylic oxidation sites excluding steroid dienone is 4. The third-order valence-corrected chi connectivity index (χ3v) is 4.81. The molecule has 4 nitrogen and oxygen atoms in total. The van der Waals surface area contributed by atoms with Gasteiger partial charge in [0.05, 0.1) is 11.0 Å². The zero-order chi connectivity index (χ0) is 17.3. The third-order valence-electron chi connectivity index (χ3n) is 4.81. The molecule has 3 aromatic rings. The van der Waals surface area contributed by atoms with Crippen molar-refractivity contribution in [2.75, 3.05) is 13.1 Å². The van der Waals surface area contributed by atoms with Gasteiger partial charge in [0.15, 0.2) is 0 Å². The van der Waals surface area contributed by atoms with Gasteiger partial charge in [-0.05, 0) is 47.8 Å². The molecule has 4 heteroatoms. The fourth-order valence-electron chi connectivity index (χ4n) is 3.44. The molecule has 26 heavy (non-hydrogen) atoms. The lowest BCUT2D eigenvalue weighted by Crippen LogP contribution is -2.08. The van der Waals surface area contributed by atoms with Gasteiger partial charge in [0.25, 0.3) is 0 Å². The van der Waals surface area contributed by atoms with Crippen molar-refractivity contribution < 1.29 is 0 Å². The van der Waals surface area contributed by atoms with Crippen molar-refractivity contribution in [3.8, 4) is 0 Å². The van der Waals surface area contributed by atoms with E-state index in [0.717, 1.165) is 46.0 Å². The number of hydrogen-bond donors (Lipinski definition) is 2. The minimum Gasteiger partial charge on any atom is -0.387 e. The van der Waals surface area contributed by atoms with Crippen LogP contribution in [0.5, 0.6) is 0 Å². The second-order valence-electron chi connectivity index (χ2n) is 6.46. The zero-order valence-corrected chi connectivity index (χ0v) is 14.2. The van der Waals surface area contributed by atoms with Crippen LogP contribution in [0.25, 0.3) is 33.0 Å². The van der Waals surface area contributed by atoms with Gasteiger partial charge in [0.2, 0.25) is 0 Å². The molecular formula is C22H18N4. The number of pyridine rings is 2. The van der Waals surface area contributed by atoms with Crippen LogP contribution in [-0.4, -0.2) is 23.1 Å². The highest BCUT2D eigenvalue weighted by atomic mass is 14.8. The summed E-state index contributed by atoms with van der Waals surface area (Å²) in [6, 6.07) is 8.66. The van der Waals surface area contributed by atoms with E-state index >= 15 is 0 Å². The highest BCUT2D eigenvalue weighted by Gasteiger charge is 2.09. The predicted octanol–water partition coefficient (Wildman–Crippen LogP) is 3.78. The molecule has 0 atom stereocenters. The molecule has 4 heterocycles. The minimum atomic E-state index is 0.853. The first-order valence-corrected chi connectivity index (χ1v) is 8.78. The predicted molar refractivity (Wildman–Crippen MR) is 107 cm³/mol. The average molecular weight is 338 g/mol. The standard InChI is InChI=1S/C22H18N4/c1-2-18-12-20(16-5-9-24-10-6-16)14-26-22(18)21-17(1)11-19(13-25-21)15-3-7-23-8-4-15/h1-7,9,11-14,23-24H,8,10H2. The van der Waals surface area contributed by atoms with E-state index in [-0.39, 0.29) is 0 Å². The molecule has 5 rings (SSSR count). The summed E-state index contributed by atoms with van der Waals surface area (Å²) in [6.07, 6.45) is 16.4. The van der Waals surface area contributed by atoms with Crippen LogP contribution in [0, 0.1) is 0 Å². The maximum atomic E-state index is 4.73. The van der Waals surface area contributed by atoms with Gasteiger partial charge in [-0.25, -0.2) is 0 Å². The van der Waals surface area contributed by atoms with E-state index < -0.39 is 0 Å². The molecule has 0 spiro atoms. The molecule has 0 unspecified atom stereocenters. The SMILES string of the molecule is C1=CC(c2cnc3c(ccc4cc(C5=CCNC=C5)cnc43)c2)=CCN1. The molecule has 0 radical (unpaired) electrons. The number of dihydropyridines is 2. The van der Waals surface area contributed by atoms with Crippen LogP contribution in [0.2, 0.25) is 0 Å². The van der Waals surface area contributed by atoms with Crippen LogP contribution in [0.1, 0.15) is 11.1 Å². The topological polar surface area (TPSA) is 49.8 Å². The van der Waals surface area contributed by atoms with Gasteiger partial charge in [-0.2, -0.15) is 0 Å². The number of hydrogen-bond acceptors (Lipinski definition) is 4. The van der Waals surface area contributed by atoms with E-state index in [1.54, 1.807) is 0 Å². The van der Waals surface area contributed by atoms with Crippen molar-refractivity contribution in [3.05, 3.63) is 84.5 Å². The summed E-state index contributed by atoms with van der Waals surface area (Å²) >= 11 is 0. The molecule has 1 aromatic carbocycles. The quantitative estimate of drug-likeness (QED) is 0.698. The van der Waals surface area contributed by atoms with Crippen LogP contribution >= 0.6 is 0 Å². The van der Waals surface area contributed by atoms with Crippen LogP contribution in [0.3, 0.4) is 0 Å². The summed E-state index contributed by atoms with van der Waals surface area (Å²) in [5.74, 6) is 0. The molecule has 2 aromatic heterocycles. The number of benzene rings is 1. The van der Waals surface area contributed by atoms with E-state index in [4.69, 9.17) is 9.97 Å². The maximum Gasteiger partial charge on any atom is 0.0965 e. The Morgan fingerprint density at radius 1 is 0.692 bits per heavy atom. The molecule has 2 aliphatic rings. The molecule has 0 saturated heterocycles. The van der Waals surface area contributed by atoms with Crippen molar-refractivity contribution in [2.45, 2.75) is 0 Å². The number of rotatable bonds is 2. The minimum absolute atomic E-state index is 0.853. The fraction of sp³-hybridized carbons (Fsp3) is 0.0909. The molecule has 2 aliphatic heterocycles. The van der Waals surface area contributed by atoms with E-state index in [1.807, 2.05) is 24.8 Å². The van der Waals surface area contributed by atoms with Crippen molar-refractivity contribution >= 4 is 33.0 Å². The van der Waals surface area contributed by atoms with Gasteiger partial charge in [0, 0.05) is 47.4 Å². The summed E-state index contributed by atoms with van der Waals surface area (Å²) in [6.45, 7) is 1.71. The van der Waals surface area contributed by atoms with E-state index in [9.17, 15) is 0 Å². The lowest BCUT2D eigenvalue weighted by molar-refractivity contribution is 0.975. The smallest absolute Gasteiger partial charge is 0.0965 e. The normalized spacial score (nSPS) is 16.2. The molecule has 126 valence electrons. The van der Waals surface area contributed by atoms with Gasteiger partial charge >= 0.3 is 0 Å². The Hall–Kier alpha value is -3.40. The van der Waals surface area contributed by atoms with Gasteiger partial charge in [-0.3, -0.25) is 9.97 Å². The summed E-state index contributed by atoms with van der Waals surface area (Å²) < 4.78 is 0. The Labute approximate surface area is 151 Å². The van der Waals surface area contributed by atoms with Crippen LogP contribution in [0.15, 0.2) is 73.4 Å². The summed E-state index contributed by atoms with van der Waals surface area (Å²) in [5.41, 5.74) is 6.57. The van der Waals surface area contributed by atoms with Gasteiger partial charge in [0.1, 0.15) is 0 Å². The molecule has 0 fully saturated rings. The molecular weight excluding hydrogens is 320 g/mol. The third kappa shape index (κ3) is 2.56. The highest BCUT2D eigenvalue weighted by molar-refractivity contribution is 6.04. The van der Waals surface area contributed by atoms with Crippen molar-refractivity contribution in [1.29, 1.82) is 0 Å². The first-order valence-electron chi connectivity index (χ1n) is 8.78. The molecule has 0 amide bonds. The van der Waals surface area contributed by atoms with Crippen LogP contribution in [-0.2, 0) is 0 Å². The largest absolute Gasteiger partial charge is 0.387 e. The zero-order valence-electron chi connectivity index (χ0n) is 14.2. The number of nitrogens with zero attached hydrogens (tertiary/aromatic N) is 2. The summed E-state index contributed by atoms with van der Waals surface area (Å²) in [4.78, 5) is 9.46. The molecule has 2 N–H and O–H groups in total. The number of aromatic nitrogens is 2. The van der Waals surface area contributed by atoms with Crippen molar-refractivity contribution in [1.82, 2.24) is 20.6 Å². The average Bonchev–Trinajstić information content (AvgIpc) is 2.74. The Morgan fingerprint density at radius 3 is 1.62 bits per heavy atom. The Bertz CT molecular complexity index is 1040. The molecule has 0 bridgehead atoms. The Balaban J connectivity index is 1.61. The van der Waals surface area contributed by atoms with E-state index in [2.05, 4.69) is 59.2 Å². The van der Waals surface area contributed by atoms with E-state index in [1.165, 1.54) is 11.1 Å². The highest BCUT2D eigenvalue weighted by Crippen LogP contribution is 2.28. The van der Waals surface area contributed by atoms with Gasteiger partial charge < -0.3 is 10.6 Å². The second kappa shape index (κ2) is 6.15. The van der Waals surface area contributed by atoms with Gasteiger partial charge in [-0.15, -0.1) is 0 Å². The monoisotopic (exact) mass is 338 g/mol. The maximum absolute atomic E-state index is 4.73. The van der Waals surface area contributed by atoms with Crippen molar-refractivity contribution in [3.63, 3.8) is 0 Å². The summed E-state index contributed by atoms with van der Waals surface area (Å²) in [5, 5.41) is 8.58. The first-order chi connectivity index (χ1) is 12.9. The second-order valence-corrected chi connectivity index (χ2v) is 6.46. The van der Waals surface area contributed by atoms with E-state index in [0.29, 0.717) is 0 Å². The number of fused-ring (bicyclic) bond motifs is 3. The lowest BCUT2D eigenvalue weighted by atomic mass is 10.0. The van der Waals surface area contributed by atoms with Crippen LogP contribution in [0.4, 0.5) is 0 Å². The molecule has 0 saturated carbocycles. The molecule has 0 aliphatic carbocycles. The first kappa shape index (κ1) is 14.9. The Morgan fingerprint density at radius 2 is 1.19 bits per heavy atom. The van der Waals surface area contributed by atoms with Gasteiger partial charge in [-0.1, -0.05) is 24.3 Å². The van der Waals surface area contributed by atoms with Crippen LogP contribution < -0.4 is 10.6 Å². The fourth-order valence-corrected chi connectivity index (χ4v) is 3.44. The number of nitrogens with one attached hydrogen (secondary N) is 2. The lowest BCUT2D eigenvalue weighted by Gasteiger charge is -2.11. The van der Waals surface area contributed by atoms with Crippen molar-refractivity contribution in [2.24, 2.45) is 0 Å².